The first kappa shape index (κ1) is 17.7. The van der Waals surface area contributed by atoms with Crippen molar-refractivity contribution in [2.75, 3.05) is 27.9 Å². The van der Waals surface area contributed by atoms with Gasteiger partial charge in [0.2, 0.25) is 5.75 Å². The average molecular weight is 359 g/mol. The van der Waals surface area contributed by atoms with Crippen LogP contribution in [-0.2, 0) is 4.74 Å². The number of benzene rings is 2. The van der Waals surface area contributed by atoms with Gasteiger partial charge in [0, 0.05) is 4.86 Å². The topological polar surface area (TPSA) is 49.0 Å². The number of thiocarbonyl (C=S) groups is 1. The second-order valence-corrected chi connectivity index (χ2v) is 6.06. The molecule has 0 saturated carbocycles. The number of methoxy groups -OCH3 is 3. The second kappa shape index (κ2) is 7.82. The minimum Gasteiger partial charge on any atom is -0.493 e. The lowest BCUT2D eigenvalue weighted by atomic mass is 10.0. The molecule has 132 valence electrons. The first-order chi connectivity index (χ1) is 12.2. The van der Waals surface area contributed by atoms with Crippen molar-refractivity contribution in [3.63, 3.8) is 0 Å². The van der Waals surface area contributed by atoms with Gasteiger partial charge in [-0.1, -0.05) is 42.5 Å². The van der Waals surface area contributed by atoms with Crippen LogP contribution in [0.1, 0.15) is 17.4 Å². The van der Waals surface area contributed by atoms with Crippen LogP contribution in [0.4, 0.5) is 0 Å². The summed E-state index contributed by atoms with van der Waals surface area (Å²) < 4.78 is 22.0. The molecule has 0 aromatic heterocycles. The van der Waals surface area contributed by atoms with Crippen LogP contribution in [0.3, 0.4) is 0 Å². The maximum absolute atomic E-state index is 5.87. The van der Waals surface area contributed by atoms with Crippen LogP contribution in [0.5, 0.6) is 17.2 Å². The molecule has 0 amide bonds. The van der Waals surface area contributed by atoms with Gasteiger partial charge in [-0.15, -0.1) is 0 Å². The van der Waals surface area contributed by atoms with Crippen LogP contribution < -0.4 is 19.5 Å². The molecule has 2 aromatic carbocycles. The van der Waals surface area contributed by atoms with E-state index in [0.717, 1.165) is 16.0 Å². The van der Waals surface area contributed by atoms with Crippen molar-refractivity contribution in [3.8, 4) is 17.2 Å². The smallest absolute Gasteiger partial charge is 0.203 e. The lowest BCUT2D eigenvalue weighted by Gasteiger charge is -2.17. The van der Waals surface area contributed by atoms with Gasteiger partial charge in [-0.05, 0) is 23.3 Å². The molecule has 2 aromatic rings. The fourth-order valence-electron chi connectivity index (χ4n) is 2.87. The van der Waals surface area contributed by atoms with Crippen molar-refractivity contribution in [1.82, 2.24) is 5.32 Å². The molecular weight excluding hydrogens is 338 g/mol. The number of hydrogen-bond donors (Lipinski definition) is 1. The van der Waals surface area contributed by atoms with Gasteiger partial charge in [0.25, 0.3) is 0 Å². The monoisotopic (exact) mass is 359 g/mol. The summed E-state index contributed by atoms with van der Waals surface area (Å²) in [6.07, 6.45) is -0.161. The van der Waals surface area contributed by atoms with Gasteiger partial charge < -0.3 is 18.9 Å². The molecule has 0 bridgehead atoms. The molecule has 2 unspecified atom stereocenters. The largest absolute Gasteiger partial charge is 0.493 e. The minimum atomic E-state index is -0.161. The summed E-state index contributed by atoms with van der Waals surface area (Å²) in [7, 11) is 4.76. The predicted octanol–water partition coefficient (Wildman–Crippen LogP) is 3.12. The van der Waals surface area contributed by atoms with Crippen molar-refractivity contribution in [3.05, 3.63) is 53.6 Å². The van der Waals surface area contributed by atoms with Gasteiger partial charge in [-0.3, -0.25) is 5.32 Å². The second-order valence-electron chi connectivity index (χ2n) is 5.62. The average Bonchev–Trinajstić information content (AvgIpc) is 3.17. The highest BCUT2D eigenvalue weighted by molar-refractivity contribution is 7.81. The quantitative estimate of drug-likeness (QED) is 0.632. The highest BCUT2D eigenvalue weighted by Crippen LogP contribution is 2.39. The molecule has 1 aliphatic rings. The molecule has 1 saturated heterocycles. The highest BCUT2D eigenvalue weighted by Gasteiger charge is 2.30. The Morgan fingerprint density at radius 3 is 2.24 bits per heavy atom. The van der Waals surface area contributed by atoms with E-state index < -0.39 is 0 Å². The molecule has 6 heteroatoms. The van der Waals surface area contributed by atoms with E-state index in [0.29, 0.717) is 23.9 Å². The molecule has 0 aliphatic carbocycles. The van der Waals surface area contributed by atoms with E-state index in [1.165, 1.54) is 0 Å². The number of rotatable bonds is 6. The van der Waals surface area contributed by atoms with Crippen molar-refractivity contribution in [1.29, 1.82) is 0 Å². The van der Waals surface area contributed by atoms with E-state index in [2.05, 4.69) is 5.32 Å². The van der Waals surface area contributed by atoms with Crippen molar-refractivity contribution in [2.24, 2.45) is 0 Å². The lowest BCUT2D eigenvalue weighted by molar-refractivity contribution is 0.101. The van der Waals surface area contributed by atoms with Crippen LogP contribution in [0, 0.1) is 0 Å². The van der Waals surface area contributed by atoms with Crippen molar-refractivity contribution < 1.29 is 18.9 Å². The van der Waals surface area contributed by atoms with Gasteiger partial charge in [0.1, 0.15) is 6.23 Å². The summed E-state index contributed by atoms with van der Waals surface area (Å²) in [5.74, 6) is 1.71. The van der Waals surface area contributed by atoms with Crippen LogP contribution in [0.15, 0.2) is 42.5 Å². The van der Waals surface area contributed by atoms with E-state index in [-0.39, 0.29) is 12.3 Å². The maximum Gasteiger partial charge on any atom is 0.203 e. The van der Waals surface area contributed by atoms with Gasteiger partial charge in [0.05, 0.1) is 34.0 Å². The molecule has 3 rings (SSSR count). The third kappa shape index (κ3) is 3.61. The third-order valence-electron chi connectivity index (χ3n) is 4.15. The summed E-state index contributed by atoms with van der Waals surface area (Å²) in [5.41, 5.74) is 1.93. The van der Waals surface area contributed by atoms with Crippen molar-refractivity contribution in [2.45, 2.75) is 12.3 Å². The predicted molar refractivity (Wildman–Crippen MR) is 99.9 cm³/mol. The Morgan fingerprint density at radius 2 is 1.68 bits per heavy atom. The summed E-state index contributed by atoms with van der Waals surface area (Å²) in [5, 5.41) is 3.43. The normalized spacial score (nSPS) is 19.5. The first-order valence-electron chi connectivity index (χ1n) is 7.94. The zero-order valence-electron chi connectivity index (χ0n) is 14.4. The van der Waals surface area contributed by atoms with Crippen LogP contribution in [0.2, 0.25) is 0 Å². The van der Waals surface area contributed by atoms with E-state index in [1.807, 2.05) is 42.5 Å². The molecule has 1 heterocycles. The van der Waals surface area contributed by atoms with E-state index in [9.17, 15) is 0 Å². The zero-order chi connectivity index (χ0) is 17.8. The summed E-state index contributed by atoms with van der Waals surface area (Å²) in [6, 6.07) is 13.7. The molecular formula is C19H21NO4S. The Labute approximate surface area is 152 Å². The molecule has 0 spiro atoms. The molecule has 5 nitrogen and oxygen atoms in total. The molecule has 25 heavy (non-hydrogen) atoms. The number of ether oxygens (including phenoxy) is 4. The molecule has 1 aliphatic heterocycles. The summed E-state index contributed by atoms with van der Waals surface area (Å²) in [6.45, 7) is 0.509. The number of hydrogen-bond acceptors (Lipinski definition) is 6. The highest BCUT2D eigenvalue weighted by atomic mass is 32.1. The van der Waals surface area contributed by atoms with Crippen LogP contribution in [-0.4, -0.2) is 38.8 Å². The Hall–Kier alpha value is -2.15. The lowest BCUT2D eigenvalue weighted by Crippen LogP contribution is -2.33. The van der Waals surface area contributed by atoms with Crippen LogP contribution in [0.25, 0.3) is 0 Å². The maximum atomic E-state index is 5.87. The Kier molecular flexibility index (Phi) is 5.53. The SMILES string of the molecule is COc1cc(C(=S)C2COC(c3ccccc3)N2)cc(OC)c1OC. The van der Waals surface area contributed by atoms with E-state index >= 15 is 0 Å². The van der Waals surface area contributed by atoms with Crippen molar-refractivity contribution >= 4 is 17.1 Å². The minimum absolute atomic E-state index is 0.0667. The van der Waals surface area contributed by atoms with E-state index in [4.69, 9.17) is 31.2 Å². The third-order valence-corrected chi connectivity index (χ3v) is 4.67. The van der Waals surface area contributed by atoms with Gasteiger partial charge in [0.15, 0.2) is 11.5 Å². The molecule has 2 atom stereocenters. The van der Waals surface area contributed by atoms with Crippen LogP contribution >= 0.6 is 12.2 Å². The Balaban J connectivity index is 1.82. The van der Waals surface area contributed by atoms with E-state index in [1.54, 1.807) is 21.3 Å². The van der Waals surface area contributed by atoms with Gasteiger partial charge >= 0.3 is 0 Å². The Bertz CT molecular complexity index is 725. The summed E-state index contributed by atoms with van der Waals surface area (Å²) >= 11 is 5.68. The summed E-state index contributed by atoms with van der Waals surface area (Å²) in [4.78, 5) is 0.748. The number of nitrogens with one attached hydrogen (secondary N) is 1. The fourth-order valence-corrected chi connectivity index (χ4v) is 3.12. The molecule has 1 fully saturated rings. The first-order valence-corrected chi connectivity index (χ1v) is 8.35. The molecule has 1 N–H and O–H groups in total. The van der Waals surface area contributed by atoms with Gasteiger partial charge in [-0.2, -0.15) is 0 Å². The molecule has 0 radical (unpaired) electrons. The standard InChI is InChI=1S/C19H21NO4S/c1-21-15-9-13(10-16(22-2)17(15)23-3)18(25)14-11-24-19(20-14)12-7-5-4-6-8-12/h4-10,14,19-20H,11H2,1-3H3. The zero-order valence-corrected chi connectivity index (χ0v) is 15.3. The Morgan fingerprint density at radius 1 is 1.04 bits per heavy atom. The van der Waals surface area contributed by atoms with Gasteiger partial charge in [-0.25, -0.2) is 0 Å². The fraction of sp³-hybridized carbons (Fsp3) is 0.316.